The lowest BCUT2D eigenvalue weighted by molar-refractivity contribution is -0.136. The minimum Gasteiger partial charge on any atom is -0.342 e. The van der Waals surface area contributed by atoms with Crippen LogP contribution in [0, 0.1) is 6.92 Å². The van der Waals surface area contributed by atoms with E-state index in [9.17, 15) is 9.59 Å². The molecule has 2 rings (SSSR count). The van der Waals surface area contributed by atoms with Gasteiger partial charge in [0, 0.05) is 10.7 Å². The molecule has 0 fully saturated rings. The molecule has 5 nitrogen and oxygen atoms in total. The number of anilines is 1. The highest BCUT2D eigenvalue weighted by molar-refractivity contribution is 9.10. The van der Waals surface area contributed by atoms with Crippen LogP contribution in [0.25, 0.3) is 0 Å². The van der Waals surface area contributed by atoms with Gasteiger partial charge in [-0.3, -0.25) is 14.6 Å². The van der Waals surface area contributed by atoms with E-state index in [4.69, 9.17) is 0 Å². The minimum absolute atomic E-state index is 0.210. The predicted molar refractivity (Wildman–Crippen MR) is 83.6 cm³/mol. The van der Waals surface area contributed by atoms with Crippen LogP contribution in [0.4, 0.5) is 5.69 Å². The molecule has 0 saturated heterocycles. The number of aryl methyl sites for hydroxylation is 1. The zero-order chi connectivity index (χ0) is 15.2. The van der Waals surface area contributed by atoms with Crippen molar-refractivity contribution in [3.05, 3.63) is 58.3 Å². The van der Waals surface area contributed by atoms with Gasteiger partial charge in [0.25, 0.3) is 0 Å². The Morgan fingerprint density at radius 2 is 2.00 bits per heavy atom. The standard InChI is InChI=1S/C15H14BrN3O2/c1-10-5-6-13(12(16)8-10)19-15(21)14(20)18-9-11-4-2-3-7-17-11/h2-8H,9H2,1H3,(H,18,20)(H,19,21). The number of aromatic nitrogens is 1. The van der Waals surface area contributed by atoms with E-state index in [0.29, 0.717) is 11.4 Å². The Morgan fingerprint density at radius 1 is 1.19 bits per heavy atom. The highest BCUT2D eigenvalue weighted by Gasteiger charge is 2.14. The lowest BCUT2D eigenvalue weighted by atomic mass is 10.2. The normalized spacial score (nSPS) is 10.0. The second-order valence-corrected chi connectivity index (χ2v) is 5.30. The number of nitrogens with zero attached hydrogens (tertiary/aromatic N) is 1. The Balaban J connectivity index is 1.92. The average Bonchev–Trinajstić information content (AvgIpc) is 2.48. The molecule has 6 heteroatoms. The first kappa shape index (κ1) is 15.2. The Bertz CT molecular complexity index is 659. The molecule has 0 atom stereocenters. The molecule has 1 aromatic heterocycles. The van der Waals surface area contributed by atoms with Crippen molar-refractivity contribution < 1.29 is 9.59 Å². The first-order valence-corrected chi connectivity index (χ1v) is 7.11. The van der Waals surface area contributed by atoms with Crippen LogP contribution in [0.3, 0.4) is 0 Å². The van der Waals surface area contributed by atoms with Crippen LogP contribution in [0.5, 0.6) is 0 Å². The molecule has 2 amide bonds. The Morgan fingerprint density at radius 3 is 2.67 bits per heavy atom. The number of halogens is 1. The van der Waals surface area contributed by atoms with Crippen LogP contribution < -0.4 is 10.6 Å². The summed E-state index contributed by atoms with van der Waals surface area (Å²) in [6, 6.07) is 10.8. The van der Waals surface area contributed by atoms with E-state index in [0.717, 1.165) is 10.0 Å². The molecule has 1 aromatic carbocycles. The van der Waals surface area contributed by atoms with Crippen molar-refractivity contribution in [2.75, 3.05) is 5.32 Å². The van der Waals surface area contributed by atoms with Crippen LogP contribution in [0.2, 0.25) is 0 Å². The van der Waals surface area contributed by atoms with Crippen molar-refractivity contribution in [2.45, 2.75) is 13.5 Å². The van der Waals surface area contributed by atoms with Crippen molar-refractivity contribution in [3.8, 4) is 0 Å². The summed E-state index contributed by atoms with van der Waals surface area (Å²) in [5, 5.41) is 5.08. The largest absolute Gasteiger partial charge is 0.342 e. The maximum atomic E-state index is 11.8. The lowest BCUT2D eigenvalue weighted by Crippen LogP contribution is -2.35. The molecule has 108 valence electrons. The van der Waals surface area contributed by atoms with E-state index in [1.165, 1.54) is 0 Å². The third-order valence-corrected chi connectivity index (χ3v) is 3.39. The molecule has 0 bridgehead atoms. The summed E-state index contributed by atoms with van der Waals surface area (Å²) in [6.07, 6.45) is 1.63. The van der Waals surface area contributed by atoms with Crippen LogP contribution in [-0.2, 0) is 16.1 Å². The zero-order valence-electron chi connectivity index (χ0n) is 11.4. The second kappa shape index (κ2) is 6.99. The number of carbonyl (C=O) groups excluding carboxylic acids is 2. The van der Waals surface area contributed by atoms with Gasteiger partial charge in [0.1, 0.15) is 0 Å². The van der Waals surface area contributed by atoms with Crippen molar-refractivity contribution in [1.29, 1.82) is 0 Å². The molecule has 2 N–H and O–H groups in total. The molecule has 0 radical (unpaired) electrons. The number of hydrogen-bond donors (Lipinski definition) is 2. The number of rotatable bonds is 3. The summed E-state index contributed by atoms with van der Waals surface area (Å²) in [7, 11) is 0. The highest BCUT2D eigenvalue weighted by Crippen LogP contribution is 2.23. The monoisotopic (exact) mass is 347 g/mol. The number of amides is 2. The fourth-order valence-corrected chi connectivity index (χ4v) is 2.25. The van der Waals surface area contributed by atoms with Crippen molar-refractivity contribution >= 4 is 33.4 Å². The third-order valence-electron chi connectivity index (χ3n) is 2.74. The van der Waals surface area contributed by atoms with E-state index in [-0.39, 0.29) is 6.54 Å². The van der Waals surface area contributed by atoms with Crippen LogP contribution in [0.1, 0.15) is 11.3 Å². The molecule has 0 unspecified atom stereocenters. The van der Waals surface area contributed by atoms with E-state index in [2.05, 4.69) is 31.5 Å². The number of benzene rings is 1. The smallest absolute Gasteiger partial charge is 0.313 e. The molecule has 0 spiro atoms. The van der Waals surface area contributed by atoms with E-state index in [1.54, 1.807) is 24.4 Å². The lowest BCUT2D eigenvalue weighted by Gasteiger charge is -2.08. The van der Waals surface area contributed by atoms with E-state index < -0.39 is 11.8 Å². The minimum atomic E-state index is -0.713. The number of hydrogen-bond acceptors (Lipinski definition) is 3. The molecule has 0 aliphatic rings. The third kappa shape index (κ3) is 4.39. The summed E-state index contributed by atoms with van der Waals surface area (Å²) >= 11 is 3.34. The summed E-state index contributed by atoms with van der Waals surface area (Å²) in [6.45, 7) is 2.15. The van der Waals surface area contributed by atoms with Crippen LogP contribution in [0.15, 0.2) is 47.1 Å². The highest BCUT2D eigenvalue weighted by atomic mass is 79.9. The molecular formula is C15H14BrN3O2. The summed E-state index contributed by atoms with van der Waals surface area (Å²) in [5.74, 6) is -1.41. The molecular weight excluding hydrogens is 334 g/mol. The quantitative estimate of drug-likeness (QED) is 0.837. The summed E-state index contributed by atoms with van der Waals surface area (Å²) < 4.78 is 0.730. The maximum Gasteiger partial charge on any atom is 0.313 e. The molecule has 0 aliphatic carbocycles. The summed E-state index contributed by atoms with van der Waals surface area (Å²) in [5.41, 5.74) is 2.30. The molecule has 2 aromatic rings. The molecule has 0 aliphatic heterocycles. The van der Waals surface area contributed by atoms with Gasteiger partial charge < -0.3 is 10.6 Å². The van der Waals surface area contributed by atoms with Gasteiger partial charge in [-0.2, -0.15) is 0 Å². The Kier molecular flexibility index (Phi) is 5.05. The second-order valence-electron chi connectivity index (χ2n) is 4.44. The number of nitrogens with one attached hydrogen (secondary N) is 2. The molecule has 0 saturated carbocycles. The summed E-state index contributed by atoms with van der Waals surface area (Å²) in [4.78, 5) is 27.6. The fraction of sp³-hybridized carbons (Fsp3) is 0.133. The van der Waals surface area contributed by atoms with E-state index >= 15 is 0 Å². The van der Waals surface area contributed by atoms with Gasteiger partial charge in [-0.15, -0.1) is 0 Å². The van der Waals surface area contributed by atoms with Gasteiger partial charge in [-0.25, -0.2) is 0 Å². The predicted octanol–water partition coefficient (Wildman–Crippen LogP) is 2.41. The van der Waals surface area contributed by atoms with Crippen LogP contribution in [-0.4, -0.2) is 16.8 Å². The van der Waals surface area contributed by atoms with Gasteiger partial charge >= 0.3 is 11.8 Å². The zero-order valence-corrected chi connectivity index (χ0v) is 13.0. The van der Waals surface area contributed by atoms with Gasteiger partial charge in [0.15, 0.2) is 0 Å². The van der Waals surface area contributed by atoms with Crippen molar-refractivity contribution in [3.63, 3.8) is 0 Å². The maximum absolute atomic E-state index is 11.8. The van der Waals surface area contributed by atoms with Crippen LogP contribution >= 0.6 is 15.9 Å². The van der Waals surface area contributed by atoms with Crippen molar-refractivity contribution in [1.82, 2.24) is 10.3 Å². The number of carbonyl (C=O) groups is 2. The fourth-order valence-electron chi connectivity index (χ4n) is 1.65. The molecule has 21 heavy (non-hydrogen) atoms. The Labute approximate surface area is 130 Å². The molecule has 1 heterocycles. The first-order chi connectivity index (χ1) is 10.1. The first-order valence-electron chi connectivity index (χ1n) is 6.31. The van der Waals surface area contributed by atoms with E-state index in [1.807, 2.05) is 25.1 Å². The van der Waals surface area contributed by atoms with Gasteiger partial charge in [0.2, 0.25) is 0 Å². The SMILES string of the molecule is Cc1ccc(NC(=O)C(=O)NCc2ccccn2)c(Br)c1. The Hall–Kier alpha value is -2.21. The average molecular weight is 348 g/mol. The van der Waals surface area contributed by atoms with Crippen molar-refractivity contribution in [2.24, 2.45) is 0 Å². The topological polar surface area (TPSA) is 71.1 Å². The van der Waals surface area contributed by atoms with Gasteiger partial charge in [0.05, 0.1) is 17.9 Å². The number of pyridine rings is 1. The van der Waals surface area contributed by atoms with Gasteiger partial charge in [-0.05, 0) is 52.7 Å². The van der Waals surface area contributed by atoms with Gasteiger partial charge in [-0.1, -0.05) is 12.1 Å².